The average Bonchev–Trinajstić information content (AvgIpc) is 2.91. The van der Waals surface area contributed by atoms with Crippen molar-refractivity contribution in [2.75, 3.05) is 29.0 Å². The average molecular weight is 278 g/mol. The minimum Gasteiger partial charge on any atom is -0.368 e. The van der Waals surface area contributed by atoms with Crippen LogP contribution in [0.25, 0.3) is 0 Å². The first-order valence-electron chi connectivity index (χ1n) is 7.61. The lowest BCUT2D eigenvalue weighted by Crippen LogP contribution is -2.24. The van der Waals surface area contributed by atoms with E-state index in [0.717, 1.165) is 19.5 Å². The molecule has 2 rings (SSSR count). The van der Waals surface area contributed by atoms with Crippen LogP contribution in [0.3, 0.4) is 0 Å². The van der Waals surface area contributed by atoms with Crippen LogP contribution in [0.5, 0.6) is 0 Å². The van der Waals surface area contributed by atoms with Crippen molar-refractivity contribution in [2.24, 2.45) is 5.92 Å². The lowest BCUT2D eigenvalue weighted by molar-refractivity contribution is 0.482. The van der Waals surface area contributed by atoms with Gasteiger partial charge in [0.1, 0.15) is 0 Å². The van der Waals surface area contributed by atoms with Gasteiger partial charge in [-0.3, -0.25) is 0 Å². The first-order valence-corrected chi connectivity index (χ1v) is 7.61. The maximum atomic E-state index is 5.80. The molecule has 1 fully saturated rings. The highest BCUT2D eigenvalue weighted by Crippen LogP contribution is 2.19. The maximum Gasteiger partial charge on any atom is 0.231 e. The number of nitrogens with two attached hydrogens (primary N) is 1. The molecule has 112 valence electrons. The zero-order valence-corrected chi connectivity index (χ0v) is 12.8. The zero-order valence-electron chi connectivity index (χ0n) is 12.8. The molecule has 1 saturated heterocycles. The van der Waals surface area contributed by atoms with E-state index in [1.165, 1.54) is 19.3 Å². The third-order valence-electron chi connectivity index (χ3n) is 3.86. The Morgan fingerprint density at radius 1 is 1.20 bits per heavy atom. The van der Waals surface area contributed by atoms with E-state index in [9.17, 15) is 0 Å². The van der Waals surface area contributed by atoms with Crippen molar-refractivity contribution in [2.45, 2.75) is 52.5 Å². The van der Waals surface area contributed by atoms with E-state index in [-0.39, 0.29) is 0 Å². The van der Waals surface area contributed by atoms with Gasteiger partial charge in [0.15, 0.2) is 0 Å². The predicted octanol–water partition coefficient (Wildman–Crippen LogP) is 2.29. The van der Waals surface area contributed by atoms with Crippen molar-refractivity contribution < 1.29 is 0 Å². The fourth-order valence-corrected chi connectivity index (χ4v) is 2.55. The molecule has 1 aliphatic rings. The Hall–Kier alpha value is -1.59. The molecule has 0 radical (unpaired) electrons. The van der Waals surface area contributed by atoms with Gasteiger partial charge in [0.2, 0.25) is 17.8 Å². The van der Waals surface area contributed by atoms with Crippen LogP contribution in [0.15, 0.2) is 0 Å². The van der Waals surface area contributed by atoms with Gasteiger partial charge < -0.3 is 16.0 Å². The maximum absolute atomic E-state index is 5.80. The molecular formula is C14H26N6. The molecule has 6 nitrogen and oxygen atoms in total. The number of rotatable bonds is 6. The Kier molecular flexibility index (Phi) is 4.98. The second-order valence-electron chi connectivity index (χ2n) is 5.81. The van der Waals surface area contributed by atoms with Gasteiger partial charge in [-0.1, -0.05) is 20.3 Å². The van der Waals surface area contributed by atoms with Crippen LogP contribution in [0.1, 0.15) is 46.5 Å². The number of nitrogens with one attached hydrogen (secondary N) is 1. The van der Waals surface area contributed by atoms with Gasteiger partial charge in [-0.15, -0.1) is 0 Å². The quantitative estimate of drug-likeness (QED) is 0.831. The van der Waals surface area contributed by atoms with Crippen LogP contribution in [0, 0.1) is 5.92 Å². The van der Waals surface area contributed by atoms with Crippen molar-refractivity contribution in [3.8, 4) is 0 Å². The van der Waals surface area contributed by atoms with Gasteiger partial charge in [0.25, 0.3) is 0 Å². The lowest BCUT2D eigenvalue weighted by Gasteiger charge is -2.19. The molecule has 1 aromatic heterocycles. The fourth-order valence-electron chi connectivity index (χ4n) is 2.55. The summed E-state index contributed by atoms with van der Waals surface area (Å²) in [6.07, 6.45) is 4.67. The summed E-state index contributed by atoms with van der Waals surface area (Å²) in [7, 11) is 0. The molecule has 0 bridgehead atoms. The zero-order chi connectivity index (χ0) is 14.5. The molecule has 2 atom stereocenters. The molecule has 20 heavy (non-hydrogen) atoms. The van der Waals surface area contributed by atoms with Gasteiger partial charge in [-0.25, -0.2) is 0 Å². The summed E-state index contributed by atoms with van der Waals surface area (Å²) in [4.78, 5) is 15.1. The van der Waals surface area contributed by atoms with E-state index < -0.39 is 0 Å². The summed E-state index contributed by atoms with van der Waals surface area (Å²) in [5.41, 5.74) is 5.80. The van der Waals surface area contributed by atoms with Crippen LogP contribution in [0.2, 0.25) is 0 Å². The summed E-state index contributed by atoms with van der Waals surface area (Å²) in [6.45, 7) is 8.64. The predicted molar refractivity (Wildman–Crippen MR) is 82.8 cm³/mol. The van der Waals surface area contributed by atoms with Gasteiger partial charge in [-0.2, -0.15) is 15.0 Å². The standard InChI is InChI=1S/C14H26N6/c1-4-10(2)9-11(3)16-13-17-12(15)18-14(19-13)20-7-5-6-8-20/h10-11H,4-9H2,1-3H3,(H3,15,16,17,18,19). The first kappa shape index (κ1) is 14.8. The van der Waals surface area contributed by atoms with Crippen molar-refractivity contribution in [3.63, 3.8) is 0 Å². The Morgan fingerprint density at radius 2 is 1.90 bits per heavy atom. The van der Waals surface area contributed by atoms with Crippen molar-refractivity contribution in [3.05, 3.63) is 0 Å². The topological polar surface area (TPSA) is 80.0 Å². The minimum absolute atomic E-state index is 0.292. The smallest absolute Gasteiger partial charge is 0.231 e. The van der Waals surface area contributed by atoms with Crippen molar-refractivity contribution >= 4 is 17.8 Å². The Bertz CT molecular complexity index is 430. The highest BCUT2D eigenvalue weighted by atomic mass is 15.3. The molecule has 0 aliphatic carbocycles. The van der Waals surface area contributed by atoms with Gasteiger partial charge in [0.05, 0.1) is 0 Å². The molecule has 0 amide bonds. The van der Waals surface area contributed by atoms with E-state index >= 15 is 0 Å². The molecule has 1 aromatic rings. The van der Waals surface area contributed by atoms with E-state index in [0.29, 0.717) is 29.8 Å². The first-order chi connectivity index (χ1) is 9.58. The number of aromatic nitrogens is 3. The second-order valence-corrected chi connectivity index (χ2v) is 5.81. The lowest BCUT2D eigenvalue weighted by atomic mass is 10.0. The van der Waals surface area contributed by atoms with Crippen LogP contribution < -0.4 is 16.0 Å². The molecule has 0 saturated carbocycles. The highest BCUT2D eigenvalue weighted by molar-refractivity contribution is 5.42. The van der Waals surface area contributed by atoms with Crippen LogP contribution in [0.4, 0.5) is 17.8 Å². The van der Waals surface area contributed by atoms with Crippen LogP contribution >= 0.6 is 0 Å². The van der Waals surface area contributed by atoms with Crippen LogP contribution in [-0.4, -0.2) is 34.1 Å². The molecule has 1 aliphatic heterocycles. The molecule has 0 spiro atoms. The highest BCUT2D eigenvalue weighted by Gasteiger charge is 2.17. The third-order valence-corrected chi connectivity index (χ3v) is 3.86. The van der Waals surface area contributed by atoms with E-state index in [1.54, 1.807) is 0 Å². The van der Waals surface area contributed by atoms with Crippen LogP contribution in [-0.2, 0) is 0 Å². The minimum atomic E-state index is 0.292. The summed E-state index contributed by atoms with van der Waals surface area (Å²) < 4.78 is 0. The number of hydrogen-bond acceptors (Lipinski definition) is 6. The monoisotopic (exact) mass is 278 g/mol. The SMILES string of the molecule is CCC(C)CC(C)Nc1nc(N)nc(N2CCCC2)n1. The summed E-state index contributed by atoms with van der Waals surface area (Å²) in [6, 6.07) is 0.332. The number of hydrogen-bond donors (Lipinski definition) is 2. The Balaban J connectivity index is 2.03. The Morgan fingerprint density at radius 3 is 2.55 bits per heavy atom. The van der Waals surface area contributed by atoms with E-state index in [2.05, 4.69) is 45.9 Å². The van der Waals surface area contributed by atoms with Gasteiger partial charge in [0, 0.05) is 19.1 Å². The molecule has 2 unspecified atom stereocenters. The normalized spacial score (nSPS) is 18.1. The molecular weight excluding hydrogens is 252 g/mol. The fraction of sp³-hybridized carbons (Fsp3) is 0.786. The molecule has 6 heteroatoms. The van der Waals surface area contributed by atoms with E-state index in [1.807, 2.05) is 0 Å². The number of anilines is 3. The summed E-state index contributed by atoms with van der Waals surface area (Å²) in [5.74, 6) is 2.28. The van der Waals surface area contributed by atoms with Gasteiger partial charge >= 0.3 is 0 Å². The van der Waals surface area contributed by atoms with Gasteiger partial charge in [-0.05, 0) is 32.1 Å². The Labute approximate surface area is 121 Å². The molecule has 2 heterocycles. The molecule has 0 aromatic carbocycles. The number of nitrogen functional groups attached to an aromatic ring is 1. The van der Waals surface area contributed by atoms with Crippen molar-refractivity contribution in [1.82, 2.24) is 15.0 Å². The molecule has 3 N–H and O–H groups in total. The summed E-state index contributed by atoms with van der Waals surface area (Å²) in [5, 5.41) is 3.34. The van der Waals surface area contributed by atoms with Crippen molar-refractivity contribution in [1.29, 1.82) is 0 Å². The second kappa shape index (κ2) is 6.72. The largest absolute Gasteiger partial charge is 0.368 e. The number of nitrogens with zero attached hydrogens (tertiary/aromatic N) is 4. The third kappa shape index (κ3) is 3.95. The summed E-state index contributed by atoms with van der Waals surface area (Å²) >= 11 is 0. The van der Waals surface area contributed by atoms with E-state index in [4.69, 9.17) is 5.73 Å².